The third kappa shape index (κ3) is 2.74. The Balaban J connectivity index is 2.05. The van der Waals surface area contributed by atoms with E-state index in [4.69, 9.17) is 11.6 Å². The van der Waals surface area contributed by atoms with Gasteiger partial charge in [-0.05, 0) is 24.5 Å². The van der Waals surface area contributed by atoms with Crippen LogP contribution in [0.15, 0.2) is 39.6 Å². The summed E-state index contributed by atoms with van der Waals surface area (Å²) in [4.78, 5) is 16.5. The van der Waals surface area contributed by atoms with Gasteiger partial charge in [-0.1, -0.05) is 45.7 Å². The fourth-order valence-electron chi connectivity index (χ4n) is 2.10. The number of nitrogens with zero attached hydrogens (tertiary/aromatic N) is 2. The first-order valence-electron chi connectivity index (χ1n) is 6.16. The molecule has 0 bridgehead atoms. The summed E-state index contributed by atoms with van der Waals surface area (Å²) < 4.78 is 2.72. The van der Waals surface area contributed by atoms with E-state index in [-0.39, 0.29) is 10.7 Å². The van der Waals surface area contributed by atoms with Crippen LogP contribution in [0.3, 0.4) is 0 Å². The van der Waals surface area contributed by atoms with Gasteiger partial charge in [-0.15, -0.1) is 0 Å². The molecule has 1 aromatic heterocycles. The van der Waals surface area contributed by atoms with Crippen LogP contribution in [0.1, 0.15) is 30.1 Å². The van der Waals surface area contributed by atoms with Crippen LogP contribution in [0.25, 0.3) is 0 Å². The third-order valence-electron chi connectivity index (χ3n) is 3.24. The van der Waals surface area contributed by atoms with Crippen LogP contribution in [0.5, 0.6) is 0 Å². The molecule has 98 valence electrons. The van der Waals surface area contributed by atoms with E-state index < -0.39 is 0 Å². The fourth-order valence-corrected chi connectivity index (χ4v) is 2.69. The Morgan fingerprint density at radius 1 is 1.37 bits per heavy atom. The molecule has 0 amide bonds. The summed E-state index contributed by atoms with van der Waals surface area (Å²) in [6.45, 7) is 0.524. The zero-order chi connectivity index (χ0) is 13.4. The minimum atomic E-state index is -0.0855. The van der Waals surface area contributed by atoms with E-state index in [0.29, 0.717) is 12.5 Å². The molecule has 3 nitrogen and oxygen atoms in total. The molecule has 0 saturated heterocycles. The number of hydrogen-bond acceptors (Lipinski definition) is 2. The van der Waals surface area contributed by atoms with E-state index >= 15 is 0 Å². The first-order valence-corrected chi connectivity index (χ1v) is 7.33. The van der Waals surface area contributed by atoms with Crippen molar-refractivity contribution in [2.75, 3.05) is 0 Å². The third-order valence-corrected chi connectivity index (χ3v) is 4.20. The van der Waals surface area contributed by atoms with Crippen LogP contribution in [0.4, 0.5) is 0 Å². The summed E-state index contributed by atoms with van der Waals surface area (Å²) in [5.74, 6) is 1.20. The Bertz CT molecular complexity index is 679. The molecular weight excluding hydrogens is 328 g/mol. The van der Waals surface area contributed by atoms with E-state index in [0.717, 1.165) is 28.7 Å². The average molecular weight is 340 g/mol. The van der Waals surface area contributed by atoms with Crippen molar-refractivity contribution >= 4 is 27.5 Å². The summed E-state index contributed by atoms with van der Waals surface area (Å²) in [5, 5.41) is 0.287. The van der Waals surface area contributed by atoms with Crippen LogP contribution in [0.2, 0.25) is 5.15 Å². The number of benzene rings is 1. The molecule has 0 atom stereocenters. The SMILES string of the molecule is O=c1cc(Cl)nc(C2CC2)n1Cc1ccccc1Br. The predicted octanol–water partition coefficient (Wildman–Crippen LogP) is 3.58. The highest BCUT2D eigenvalue weighted by Gasteiger charge is 2.29. The summed E-state index contributed by atoms with van der Waals surface area (Å²) in [6, 6.07) is 9.27. The zero-order valence-corrected chi connectivity index (χ0v) is 12.5. The maximum Gasteiger partial charge on any atom is 0.255 e. The first-order chi connectivity index (χ1) is 9.15. The van der Waals surface area contributed by atoms with Crippen LogP contribution in [-0.4, -0.2) is 9.55 Å². The molecule has 1 saturated carbocycles. The molecule has 1 aliphatic rings. The highest BCUT2D eigenvalue weighted by atomic mass is 79.9. The molecule has 1 heterocycles. The van der Waals surface area contributed by atoms with Gasteiger partial charge in [0, 0.05) is 16.5 Å². The van der Waals surface area contributed by atoms with Gasteiger partial charge in [0.05, 0.1) is 6.54 Å². The van der Waals surface area contributed by atoms with Crippen molar-refractivity contribution in [3.63, 3.8) is 0 Å². The fraction of sp³-hybridized carbons (Fsp3) is 0.286. The second-order valence-corrected chi connectivity index (χ2v) is 5.97. The molecule has 3 rings (SSSR count). The molecule has 5 heteroatoms. The van der Waals surface area contributed by atoms with E-state index in [1.54, 1.807) is 4.57 Å². The van der Waals surface area contributed by atoms with Gasteiger partial charge in [-0.2, -0.15) is 0 Å². The summed E-state index contributed by atoms with van der Waals surface area (Å²) >= 11 is 9.40. The molecule has 1 aromatic carbocycles. The highest BCUT2D eigenvalue weighted by Crippen LogP contribution is 2.39. The molecule has 1 fully saturated rings. The monoisotopic (exact) mass is 338 g/mol. The lowest BCUT2D eigenvalue weighted by atomic mass is 10.2. The molecule has 0 aliphatic heterocycles. The summed E-state index contributed by atoms with van der Waals surface area (Å²) in [6.07, 6.45) is 2.17. The lowest BCUT2D eigenvalue weighted by Gasteiger charge is -2.12. The second kappa shape index (κ2) is 5.10. The molecule has 0 unspecified atom stereocenters. The molecule has 0 N–H and O–H groups in total. The summed E-state index contributed by atoms with van der Waals surface area (Å²) in [5.41, 5.74) is 0.980. The summed E-state index contributed by atoms with van der Waals surface area (Å²) in [7, 11) is 0. The predicted molar refractivity (Wildman–Crippen MR) is 78.7 cm³/mol. The minimum Gasteiger partial charge on any atom is -0.292 e. The Morgan fingerprint density at radius 3 is 2.79 bits per heavy atom. The van der Waals surface area contributed by atoms with Gasteiger partial charge in [0.25, 0.3) is 5.56 Å². The Hall–Kier alpha value is -1.13. The quantitative estimate of drug-likeness (QED) is 0.801. The Kier molecular flexibility index (Phi) is 3.46. The van der Waals surface area contributed by atoms with Gasteiger partial charge in [0.15, 0.2) is 0 Å². The minimum absolute atomic E-state index is 0.0855. The number of halogens is 2. The van der Waals surface area contributed by atoms with Crippen LogP contribution in [0, 0.1) is 0 Å². The lowest BCUT2D eigenvalue weighted by molar-refractivity contribution is 0.668. The van der Waals surface area contributed by atoms with Crippen molar-refractivity contribution in [2.24, 2.45) is 0 Å². The van der Waals surface area contributed by atoms with Crippen LogP contribution in [-0.2, 0) is 6.54 Å². The van der Waals surface area contributed by atoms with Crippen molar-refractivity contribution in [2.45, 2.75) is 25.3 Å². The maximum atomic E-state index is 12.1. The van der Waals surface area contributed by atoms with Crippen molar-refractivity contribution in [3.05, 3.63) is 61.7 Å². The second-order valence-electron chi connectivity index (χ2n) is 4.73. The Morgan fingerprint density at radius 2 is 2.11 bits per heavy atom. The number of rotatable bonds is 3. The van der Waals surface area contributed by atoms with E-state index in [1.165, 1.54) is 6.07 Å². The molecule has 19 heavy (non-hydrogen) atoms. The lowest BCUT2D eigenvalue weighted by Crippen LogP contribution is -2.24. The van der Waals surface area contributed by atoms with Crippen LogP contribution >= 0.6 is 27.5 Å². The molecular formula is C14H12BrClN2O. The standard InChI is InChI=1S/C14H12BrClN2O/c15-11-4-2-1-3-10(11)8-18-13(19)7-12(16)17-14(18)9-5-6-9/h1-4,7,9H,5-6,8H2. The van der Waals surface area contributed by atoms with Gasteiger partial charge in [0.2, 0.25) is 0 Å². The van der Waals surface area contributed by atoms with Crippen molar-refractivity contribution in [1.29, 1.82) is 0 Å². The number of aromatic nitrogens is 2. The topological polar surface area (TPSA) is 34.9 Å². The van der Waals surface area contributed by atoms with Crippen LogP contribution < -0.4 is 5.56 Å². The maximum absolute atomic E-state index is 12.1. The van der Waals surface area contributed by atoms with Crippen molar-refractivity contribution in [1.82, 2.24) is 9.55 Å². The van der Waals surface area contributed by atoms with Gasteiger partial charge in [0.1, 0.15) is 11.0 Å². The van der Waals surface area contributed by atoms with E-state index in [9.17, 15) is 4.79 Å². The normalized spacial score (nSPS) is 14.6. The number of hydrogen-bond donors (Lipinski definition) is 0. The van der Waals surface area contributed by atoms with E-state index in [2.05, 4.69) is 20.9 Å². The molecule has 2 aromatic rings. The molecule has 1 aliphatic carbocycles. The smallest absolute Gasteiger partial charge is 0.255 e. The zero-order valence-electron chi connectivity index (χ0n) is 10.1. The van der Waals surface area contributed by atoms with Gasteiger partial charge < -0.3 is 0 Å². The van der Waals surface area contributed by atoms with Gasteiger partial charge in [-0.3, -0.25) is 9.36 Å². The average Bonchev–Trinajstić information content (AvgIpc) is 3.18. The van der Waals surface area contributed by atoms with Gasteiger partial charge >= 0.3 is 0 Å². The Labute approximate surface area is 124 Å². The molecule has 0 radical (unpaired) electrons. The highest BCUT2D eigenvalue weighted by molar-refractivity contribution is 9.10. The van der Waals surface area contributed by atoms with Crippen molar-refractivity contribution < 1.29 is 0 Å². The van der Waals surface area contributed by atoms with E-state index in [1.807, 2.05) is 24.3 Å². The van der Waals surface area contributed by atoms with Crippen molar-refractivity contribution in [3.8, 4) is 0 Å². The largest absolute Gasteiger partial charge is 0.292 e. The molecule has 0 spiro atoms. The first kappa shape index (κ1) is 12.9. The van der Waals surface area contributed by atoms with Gasteiger partial charge in [-0.25, -0.2) is 4.98 Å².